The lowest BCUT2D eigenvalue weighted by Crippen LogP contribution is -2.69. The lowest BCUT2D eigenvalue weighted by molar-refractivity contribution is -0.200. The van der Waals surface area contributed by atoms with Crippen LogP contribution in [0, 0.1) is 13.8 Å². The van der Waals surface area contributed by atoms with Gasteiger partial charge in [0.15, 0.2) is 6.61 Å². The van der Waals surface area contributed by atoms with Crippen LogP contribution in [0.1, 0.15) is 37.3 Å². The maximum atomic E-state index is 12.5. The molecular formula is C20H30N2O4. The maximum Gasteiger partial charge on any atom is 0.258 e. The number of amides is 1. The molecule has 6 heteroatoms. The minimum atomic E-state index is -0.739. The Morgan fingerprint density at radius 1 is 1.31 bits per heavy atom. The van der Waals surface area contributed by atoms with Crippen molar-refractivity contribution in [1.82, 2.24) is 10.6 Å². The maximum absolute atomic E-state index is 12.5. The second-order valence-corrected chi connectivity index (χ2v) is 7.82. The molecule has 26 heavy (non-hydrogen) atoms. The number of benzene rings is 1. The lowest BCUT2D eigenvalue weighted by Gasteiger charge is -2.52. The molecule has 1 spiro atoms. The normalized spacial score (nSPS) is 27.9. The van der Waals surface area contributed by atoms with Gasteiger partial charge in [0.25, 0.3) is 5.91 Å². The van der Waals surface area contributed by atoms with E-state index in [1.807, 2.05) is 39.0 Å². The van der Waals surface area contributed by atoms with Gasteiger partial charge >= 0.3 is 0 Å². The van der Waals surface area contributed by atoms with Crippen molar-refractivity contribution in [3.8, 4) is 5.75 Å². The Hall–Kier alpha value is -1.63. The first-order valence-electron chi connectivity index (χ1n) is 9.38. The summed E-state index contributed by atoms with van der Waals surface area (Å²) in [7, 11) is 0. The van der Waals surface area contributed by atoms with E-state index in [0.29, 0.717) is 18.8 Å². The van der Waals surface area contributed by atoms with Crippen LogP contribution in [0.3, 0.4) is 0 Å². The van der Waals surface area contributed by atoms with Gasteiger partial charge in [-0.25, -0.2) is 0 Å². The summed E-state index contributed by atoms with van der Waals surface area (Å²) in [6, 6.07) is 5.77. The largest absolute Gasteiger partial charge is 0.484 e. The summed E-state index contributed by atoms with van der Waals surface area (Å²) in [5, 5.41) is 17.3. The Bertz CT molecular complexity index is 652. The van der Waals surface area contributed by atoms with Gasteiger partial charge in [0.2, 0.25) is 0 Å². The Labute approximate surface area is 155 Å². The van der Waals surface area contributed by atoms with E-state index in [1.165, 1.54) is 5.56 Å². The van der Waals surface area contributed by atoms with Crippen molar-refractivity contribution in [2.75, 3.05) is 26.3 Å². The van der Waals surface area contributed by atoms with Gasteiger partial charge in [-0.1, -0.05) is 6.07 Å². The van der Waals surface area contributed by atoms with Crippen LogP contribution in [-0.2, 0) is 9.53 Å². The zero-order valence-corrected chi connectivity index (χ0v) is 15.9. The zero-order valence-electron chi connectivity index (χ0n) is 15.9. The number of carbonyl (C=O) groups is 1. The Morgan fingerprint density at radius 2 is 2.04 bits per heavy atom. The highest BCUT2D eigenvalue weighted by atomic mass is 16.5. The molecule has 0 saturated carbocycles. The molecule has 0 aromatic heterocycles. The van der Waals surface area contributed by atoms with E-state index in [9.17, 15) is 9.90 Å². The van der Waals surface area contributed by atoms with E-state index in [0.717, 1.165) is 31.5 Å². The first-order valence-corrected chi connectivity index (χ1v) is 9.38. The molecule has 1 aromatic carbocycles. The molecule has 0 radical (unpaired) electrons. The highest BCUT2D eigenvalue weighted by molar-refractivity contribution is 5.78. The highest BCUT2D eigenvalue weighted by Crippen LogP contribution is 2.38. The number of nitrogens with one attached hydrogen (secondary N) is 2. The average molecular weight is 362 g/mol. The van der Waals surface area contributed by atoms with Gasteiger partial charge in [-0.15, -0.1) is 0 Å². The smallest absolute Gasteiger partial charge is 0.258 e. The summed E-state index contributed by atoms with van der Waals surface area (Å²) in [6.45, 7) is 8.05. The Morgan fingerprint density at radius 3 is 2.73 bits per heavy atom. The molecule has 3 N–H and O–H groups in total. The number of aliphatic hydroxyl groups is 1. The topological polar surface area (TPSA) is 79.8 Å². The van der Waals surface area contributed by atoms with Crippen LogP contribution in [0.25, 0.3) is 0 Å². The van der Waals surface area contributed by atoms with Crippen molar-refractivity contribution in [3.05, 3.63) is 29.3 Å². The van der Waals surface area contributed by atoms with Crippen LogP contribution in [0.5, 0.6) is 5.75 Å². The zero-order chi connectivity index (χ0) is 18.8. The third kappa shape index (κ3) is 3.87. The Balaban J connectivity index is 1.60. The summed E-state index contributed by atoms with van der Waals surface area (Å²) in [5.41, 5.74) is 1.04. The SMILES string of the molecule is Cc1ccc(OCC(=O)N[C@]2(C)CCOC3(CCNCC3)[C@H]2O)cc1C. The minimum Gasteiger partial charge on any atom is -0.484 e. The average Bonchev–Trinajstić information content (AvgIpc) is 2.62. The summed E-state index contributed by atoms with van der Waals surface area (Å²) in [4.78, 5) is 12.5. The van der Waals surface area contributed by atoms with Crippen LogP contribution < -0.4 is 15.4 Å². The second-order valence-electron chi connectivity index (χ2n) is 7.82. The monoisotopic (exact) mass is 362 g/mol. The van der Waals surface area contributed by atoms with Gasteiger partial charge in [0, 0.05) is 6.61 Å². The van der Waals surface area contributed by atoms with E-state index in [1.54, 1.807) is 0 Å². The first-order chi connectivity index (χ1) is 12.3. The molecule has 2 heterocycles. The van der Waals surface area contributed by atoms with Crippen LogP contribution in [0.2, 0.25) is 0 Å². The van der Waals surface area contributed by atoms with E-state index in [4.69, 9.17) is 9.47 Å². The summed E-state index contributed by atoms with van der Waals surface area (Å²) < 4.78 is 11.6. The van der Waals surface area contributed by atoms with Crippen LogP contribution in [-0.4, -0.2) is 54.6 Å². The quantitative estimate of drug-likeness (QED) is 0.756. The predicted molar refractivity (Wildman–Crippen MR) is 99.4 cm³/mol. The van der Waals surface area contributed by atoms with Crippen LogP contribution >= 0.6 is 0 Å². The van der Waals surface area contributed by atoms with Gasteiger partial charge in [0.05, 0.1) is 11.1 Å². The predicted octanol–water partition coefficient (Wildman–Crippen LogP) is 1.46. The number of hydrogen-bond acceptors (Lipinski definition) is 5. The fraction of sp³-hybridized carbons (Fsp3) is 0.650. The van der Waals surface area contributed by atoms with Crippen molar-refractivity contribution < 1.29 is 19.4 Å². The molecule has 2 aliphatic rings. The van der Waals surface area contributed by atoms with Crippen molar-refractivity contribution in [1.29, 1.82) is 0 Å². The van der Waals surface area contributed by atoms with Crippen molar-refractivity contribution in [2.45, 2.75) is 57.3 Å². The molecule has 2 saturated heterocycles. The fourth-order valence-electron chi connectivity index (χ4n) is 3.97. The number of rotatable bonds is 4. The molecule has 3 rings (SSSR count). The van der Waals surface area contributed by atoms with Crippen LogP contribution in [0.15, 0.2) is 18.2 Å². The summed E-state index contributed by atoms with van der Waals surface area (Å²) in [5.74, 6) is 0.450. The van der Waals surface area contributed by atoms with Gasteiger partial charge in [-0.3, -0.25) is 4.79 Å². The number of aliphatic hydroxyl groups excluding tert-OH is 1. The number of ether oxygens (including phenoxy) is 2. The molecule has 0 bridgehead atoms. The molecule has 1 amide bonds. The van der Waals surface area contributed by atoms with Crippen molar-refractivity contribution >= 4 is 5.91 Å². The van der Waals surface area contributed by atoms with Crippen LogP contribution in [0.4, 0.5) is 0 Å². The van der Waals surface area contributed by atoms with Gasteiger partial charge < -0.3 is 25.2 Å². The number of hydrogen-bond donors (Lipinski definition) is 3. The van der Waals surface area contributed by atoms with Gasteiger partial charge in [-0.05, 0) is 76.4 Å². The molecule has 1 aromatic rings. The standard InChI is InChI=1S/C20H30N2O4/c1-14-4-5-16(12-15(14)2)25-13-17(23)22-19(3)8-11-26-20(18(19)24)6-9-21-10-7-20/h4-5,12,18,21,24H,6-11,13H2,1-3H3,(H,22,23)/t18-,19+/m0/s1. The molecule has 6 nitrogen and oxygen atoms in total. The molecule has 0 unspecified atom stereocenters. The van der Waals surface area contributed by atoms with Gasteiger partial charge in [0.1, 0.15) is 11.9 Å². The lowest BCUT2D eigenvalue weighted by atomic mass is 9.73. The molecule has 2 aliphatic heterocycles. The molecular weight excluding hydrogens is 332 g/mol. The van der Waals surface area contributed by atoms with E-state index < -0.39 is 17.2 Å². The van der Waals surface area contributed by atoms with E-state index in [2.05, 4.69) is 10.6 Å². The fourth-order valence-corrected chi connectivity index (χ4v) is 3.97. The summed E-state index contributed by atoms with van der Waals surface area (Å²) >= 11 is 0. The minimum absolute atomic E-state index is 0.0692. The molecule has 0 aliphatic carbocycles. The number of piperidine rings is 1. The highest BCUT2D eigenvalue weighted by Gasteiger charge is 2.53. The molecule has 2 fully saturated rings. The Kier molecular flexibility index (Phi) is 5.55. The molecule has 144 valence electrons. The number of aryl methyl sites for hydroxylation is 2. The first kappa shape index (κ1) is 19.1. The van der Waals surface area contributed by atoms with Crippen molar-refractivity contribution in [2.24, 2.45) is 0 Å². The molecule has 2 atom stereocenters. The third-order valence-electron chi connectivity index (χ3n) is 5.84. The van der Waals surface area contributed by atoms with E-state index in [-0.39, 0.29) is 12.5 Å². The van der Waals surface area contributed by atoms with E-state index >= 15 is 0 Å². The summed E-state index contributed by atoms with van der Waals surface area (Å²) in [6.07, 6.45) is 1.34. The third-order valence-corrected chi connectivity index (χ3v) is 5.84. The second kappa shape index (κ2) is 7.55. The number of carbonyl (C=O) groups excluding carboxylic acids is 1. The van der Waals surface area contributed by atoms with Crippen molar-refractivity contribution in [3.63, 3.8) is 0 Å². The van der Waals surface area contributed by atoms with Gasteiger partial charge in [-0.2, -0.15) is 0 Å².